The van der Waals surface area contributed by atoms with Crippen molar-refractivity contribution in [1.29, 1.82) is 0 Å². The van der Waals surface area contributed by atoms with E-state index in [1.54, 1.807) is 24.2 Å². The normalized spacial score (nSPS) is 12.1. The highest BCUT2D eigenvalue weighted by Crippen LogP contribution is 2.37. The van der Waals surface area contributed by atoms with Crippen molar-refractivity contribution in [3.8, 4) is 0 Å². The molecule has 21 heavy (non-hydrogen) atoms. The first-order valence-corrected chi connectivity index (χ1v) is 6.81. The van der Waals surface area contributed by atoms with Gasteiger partial charge in [-0.1, -0.05) is 17.8 Å². The number of hydrogen-bond acceptors (Lipinski definition) is 4. The van der Waals surface area contributed by atoms with Gasteiger partial charge in [0.2, 0.25) is 0 Å². The Hall–Kier alpha value is -1.43. The van der Waals surface area contributed by atoms with Gasteiger partial charge in [0.15, 0.2) is 0 Å². The number of benzene rings is 1. The summed E-state index contributed by atoms with van der Waals surface area (Å²) in [7, 11) is 0. The summed E-state index contributed by atoms with van der Waals surface area (Å²) in [6.07, 6.45) is 3.51. The predicted molar refractivity (Wildman–Crippen MR) is 90.0 cm³/mol. The van der Waals surface area contributed by atoms with Crippen molar-refractivity contribution in [1.82, 2.24) is 10.3 Å². The third kappa shape index (κ3) is 3.61. The molecule has 2 N–H and O–H groups in total. The quantitative estimate of drug-likeness (QED) is 0.876. The van der Waals surface area contributed by atoms with Gasteiger partial charge >= 0.3 is 0 Å². The number of hydrogen-bond donors (Lipinski definition) is 2. The first-order chi connectivity index (χ1) is 9.25. The standard InChI is InChI=1S/C14H13N3OS.2ClH/c1-9-2-3-11-12(14(18)17-8-16-11)13(9)19-10-4-6-15-7-5-10;;/h2-7,16H,8H2,1H3,(H,17,18);2*1H. The SMILES string of the molecule is Cc1ccc2c(c1Sc1ccncc1)C(=O)NCN2.Cl.Cl. The highest BCUT2D eigenvalue weighted by Gasteiger charge is 2.22. The zero-order valence-electron chi connectivity index (χ0n) is 11.3. The lowest BCUT2D eigenvalue weighted by Gasteiger charge is -2.22. The molecule has 0 saturated heterocycles. The summed E-state index contributed by atoms with van der Waals surface area (Å²) in [6.45, 7) is 2.50. The number of halogens is 2. The third-order valence-electron chi connectivity index (χ3n) is 2.98. The number of anilines is 1. The summed E-state index contributed by atoms with van der Waals surface area (Å²) in [4.78, 5) is 18.1. The van der Waals surface area contributed by atoms with Gasteiger partial charge in [0.05, 0.1) is 12.2 Å². The number of rotatable bonds is 2. The van der Waals surface area contributed by atoms with Crippen molar-refractivity contribution in [3.63, 3.8) is 0 Å². The van der Waals surface area contributed by atoms with Crippen LogP contribution in [0.25, 0.3) is 0 Å². The van der Waals surface area contributed by atoms with Gasteiger partial charge in [0.1, 0.15) is 0 Å². The maximum Gasteiger partial charge on any atom is 0.255 e. The second-order valence-corrected chi connectivity index (χ2v) is 5.36. The Morgan fingerprint density at radius 3 is 2.52 bits per heavy atom. The smallest absolute Gasteiger partial charge is 0.255 e. The average Bonchev–Trinajstić information content (AvgIpc) is 2.43. The number of carbonyl (C=O) groups is 1. The topological polar surface area (TPSA) is 54.0 Å². The summed E-state index contributed by atoms with van der Waals surface area (Å²) < 4.78 is 0. The molecule has 3 rings (SSSR count). The van der Waals surface area contributed by atoms with Gasteiger partial charge in [-0.2, -0.15) is 0 Å². The van der Waals surface area contributed by atoms with E-state index in [1.807, 2.05) is 31.2 Å². The predicted octanol–water partition coefficient (Wildman–Crippen LogP) is 3.50. The Morgan fingerprint density at radius 2 is 1.81 bits per heavy atom. The fourth-order valence-corrected chi connectivity index (χ4v) is 3.05. The molecule has 0 atom stereocenters. The molecule has 112 valence electrons. The minimum atomic E-state index is -0.0194. The molecule has 1 aromatic heterocycles. The number of fused-ring (bicyclic) bond motifs is 1. The molecule has 0 bridgehead atoms. The zero-order chi connectivity index (χ0) is 13.2. The molecule has 0 saturated carbocycles. The molecule has 0 fully saturated rings. The van der Waals surface area contributed by atoms with E-state index in [9.17, 15) is 4.79 Å². The van der Waals surface area contributed by atoms with Crippen molar-refractivity contribution < 1.29 is 4.79 Å². The lowest BCUT2D eigenvalue weighted by atomic mass is 10.1. The number of aromatic nitrogens is 1. The van der Waals surface area contributed by atoms with Crippen LogP contribution < -0.4 is 10.6 Å². The van der Waals surface area contributed by atoms with Gasteiger partial charge in [-0.25, -0.2) is 0 Å². The number of amides is 1. The summed E-state index contributed by atoms with van der Waals surface area (Å²) in [5.74, 6) is -0.0194. The molecule has 0 radical (unpaired) electrons. The molecule has 1 aliphatic rings. The van der Waals surface area contributed by atoms with Gasteiger partial charge in [0, 0.05) is 27.9 Å². The Kier molecular flexibility index (Phi) is 6.33. The van der Waals surface area contributed by atoms with Crippen LogP contribution in [-0.4, -0.2) is 17.6 Å². The molecule has 0 aliphatic carbocycles. The van der Waals surface area contributed by atoms with Gasteiger partial charge in [-0.05, 0) is 30.7 Å². The van der Waals surface area contributed by atoms with Gasteiger partial charge in [-0.3, -0.25) is 9.78 Å². The van der Waals surface area contributed by atoms with Crippen LogP contribution in [0.15, 0.2) is 46.5 Å². The minimum Gasteiger partial charge on any atom is -0.367 e. The third-order valence-corrected chi connectivity index (χ3v) is 4.22. The highest BCUT2D eigenvalue weighted by atomic mass is 35.5. The van der Waals surface area contributed by atoms with E-state index in [0.717, 1.165) is 26.6 Å². The van der Waals surface area contributed by atoms with E-state index in [4.69, 9.17) is 0 Å². The van der Waals surface area contributed by atoms with Gasteiger partial charge in [-0.15, -0.1) is 24.8 Å². The van der Waals surface area contributed by atoms with Crippen molar-refractivity contribution >= 4 is 48.2 Å². The first-order valence-electron chi connectivity index (χ1n) is 5.99. The number of pyridine rings is 1. The number of nitrogens with zero attached hydrogens (tertiary/aromatic N) is 1. The van der Waals surface area contributed by atoms with Crippen LogP contribution in [0, 0.1) is 6.92 Å². The Morgan fingerprint density at radius 1 is 1.10 bits per heavy atom. The van der Waals surface area contributed by atoms with E-state index in [1.165, 1.54) is 0 Å². The summed E-state index contributed by atoms with van der Waals surface area (Å²) in [6, 6.07) is 7.88. The number of aryl methyl sites for hydroxylation is 1. The van der Waals surface area contributed by atoms with Crippen LogP contribution in [0.5, 0.6) is 0 Å². The van der Waals surface area contributed by atoms with E-state index < -0.39 is 0 Å². The molecule has 0 spiro atoms. The molecular weight excluding hydrogens is 329 g/mol. The van der Waals surface area contributed by atoms with Crippen molar-refractivity contribution in [2.24, 2.45) is 0 Å². The van der Waals surface area contributed by atoms with Crippen molar-refractivity contribution in [3.05, 3.63) is 47.8 Å². The lowest BCUT2D eigenvalue weighted by Crippen LogP contribution is -2.35. The minimum absolute atomic E-state index is 0. The zero-order valence-corrected chi connectivity index (χ0v) is 13.7. The fourth-order valence-electron chi connectivity index (χ4n) is 2.02. The molecule has 1 aliphatic heterocycles. The lowest BCUT2D eigenvalue weighted by molar-refractivity contribution is 0.0949. The fraction of sp³-hybridized carbons (Fsp3) is 0.143. The van der Waals surface area contributed by atoms with Crippen molar-refractivity contribution in [2.45, 2.75) is 16.7 Å². The van der Waals surface area contributed by atoms with E-state index in [-0.39, 0.29) is 30.7 Å². The molecule has 4 nitrogen and oxygen atoms in total. The van der Waals surface area contributed by atoms with Gasteiger partial charge in [0.25, 0.3) is 5.91 Å². The maximum absolute atomic E-state index is 12.1. The van der Waals surface area contributed by atoms with Crippen LogP contribution >= 0.6 is 36.6 Å². The molecule has 7 heteroatoms. The number of nitrogens with one attached hydrogen (secondary N) is 2. The summed E-state index contributed by atoms with van der Waals surface area (Å²) in [5, 5.41) is 6.00. The van der Waals surface area contributed by atoms with Crippen LogP contribution in [0.2, 0.25) is 0 Å². The monoisotopic (exact) mass is 343 g/mol. The second-order valence-electron chi connectivity index (χ2n) is 4.28. The van der Waals surface area contributed by atoms with E-state index in [2.05, 4.69) is 15.6 Å². The Labute approximate surface area is 139 Å². The Balaban J connectivity index is 0.00000110. The van der Waals surface area contributed by atoms with Crippen LogP contribution in [0.4, 0.5) is 5.69 Å². The Bertz CT molecular complexity index is 638. The second kappa shape index (κ2) is 7.54. The molecule has 0 unspecified atom stereocenters. The number of carbonyl (C=O) groups excluding carboxylic acids is 1. The largest absolute Gasteiger partial charge is 0.367 e. The van der Waals surface area contributed by atoms with Gasteiger partial charge < -0.3 is 10.6 Å². The summed E-state index contributed by atoms with van der Waals surface area (Å²) in [5.41, 5.74) is 2.72. The average molecular weight is 344 g/mol. The molecule has 1 amide bonds. The first kappa shape index (κ1) is 17.6. The molecule has 1 aromatic carbocycles. The van der Waals surface area contributed by atoms with E-state index >= 15 is 0 Å². The molecular formula is C14H15Cl2N3OS. The van der Waals surface area contributed by atoms with E-state index in [0.29, 0.717) is 6.67 Å². The van der Waals surface area contributed by atoms with Crippen molar-refractivity contribution in [2.75, 3.05) is 12.0 Å². The van der Waals surface area contributed by atoms with Crippen LogP contribution in [-0.2, 0) is 0 Å². The van der Waals surface area contributed by atoms with Crippen LogP contribution in [0.3, 0.4) is 0 Å². The molecule has 2 heterocycles. The van der Waals surface area contributed by atoms with Crippen LogP contribution in [0.1, 0.15) is 15.9 Å². The molecule has 2 aromatic rings. The highest BCUT2D eigenvalue weighted by molar-refractivity contribution is 7.99. The summed E-state index contributed by atoms with van der Waals surface area (Å²) >= 11 is 1.59. The maximum atomic E-state index is 12.1.